The number of imide groups is 1. The van der Waals surface area contributed by atoms with Gasteiger partial charge in [0.15, 0.2) is 11.5 Å². The Bertz CT molecular complexity index is 1950. The minimum atomic E-state index is -1.12. The number of carboxylic acids is 1. The first-order chi connectivity index (χ1) is 23.6. The molecule has 1 atom stereocenters. The summed E-state index contributed by atoms with van der Waals surface area (Å²) in [6, 6.07) is 23.8. The molecular formula is C36H31N3O9S. The highest BCUT2D eigenvalue weighted by molar-refractivity contribution is 8.00. The number of hydrogen-bond donors (Lipinski definition) is 3. The maximum Gasteiger partial charge on any atom is 0.335 e. The van der Waals surface area contributed by atoms with E-state index >= 15 is 0 Å². The molecule has 0 unspecified atom stereocenters. The minimum absolute atomic E-state index is 0.0353. The number of nitrogens with zero attached hydrogens (tertiary/aromatic N) is 1. The molecule has 0 bridgehead atoms. The van der Waals surface area contributed by atoms with Crippen LogP contribution < -0.4 is 29.7 Å². The van der Waals surface area contributed by atoms with Crippen molar-refractivity contribution in [1.82, 2.24) is 5.32 Å². The molecule has 4 aromatic carbocycles. The van der Waals surface area contributed by atoms with Crippen molar-refractivity contribution in [3.63, 3.8) is 0 Å². The molecule has 49 heavy (non-hydrogen) atoms. The van der Waals surface area contributed by atoms with Gasteiger partial charge < -0.3 is 30.0 Å². The van der Waals surface area contributed by atoms with E-state index in [0.29, 0.717) is 39.0 Å². The Hall–Kier alpha value is -6.08. The summed E-state index contributed by atoms with van der Waals surface area (Å²) >= 11 is 1.16. The zero-order valence-corrected chi connectivity index (χ0v) is 27.4. The number of benzene rings is 4. The number of thioether (sulfide) groups is 1. The summed E-state index contributed by atoms with van der Waals surface area (Å²) in [7, 11) is 4.41. The van der Waals surface area contributed by atoms with Gasteiger partial charge >= 0.3 is 5.97 Å². The number of carbonyl (C=O) groups excluding carboxylic acids is 4. The molecule has 1 aliphatic rings. The lowest BCUT2D eigenvalue weighted by molar-refractivity contribution is -0.121. The molecule has 0 saturated carbocycles. The van der Waals surface area contributed by atoms with E-state index in [4.69, 9.17) is 19.3 Å². The van der Waals surface area contributed by atoms with Crippen LogP contribution >= 0.6 is 11.8 Å². The van der Waals surface area contributed by atoms with Crippen LogP contribution in [0.1, 0.15) is 32.7 Å². The summed E-state index contributed by atoms with van der Waals surface area (Å²) in [5.41, 5.74) is 1.35. The van der Waals surface area contributed by atoms with Crippen LogP contribution in [0.4, 0.5) is 11.4 Å². The average molecular weight is 682 g/mol. The zero-order valence-electron chi connectivity index (χ0n) is 26.6. The van der Waals surface area contributed by atoms with E-state index in [1.807, 2.05) is 0 Å². The van der Waals surface area contributed by atoms with Gasteiger partial charge in [-0.15, -0.1) is 11.8 Å². The number of ether oxygens (including phenoxy) is 3. The molecule has 13 heteroatoms. The number of amides is 4. The van der Waals surface area contributed by atoms with Crippen LogP contribution in [0.15, 0.2) is 102 Å². The third kappa shape index (κ3) is 7.91. The van der Waals surface area contributed by atoms with E-state index in [9.17, 15) is 24.0 Å². The predicted octanol–water partition coefficient (Wildman–Crippen LogP) is 5.24. The van der Waals surface area contributed by atoms with Crippen LogP contribution in [0.2, 0.25) is 0 Å². The normalized spacial score (nSPS) is 14.3. The number of methoxy groups -OCH3 is 3. The standard InChI is InChI=1S/C36H31N3O9S/c1-46-28-19-30(48-3)29(47-2)17-23(28)16-27(38-33(41)21-8-5-4-6-9-21)34(42)37-24-10-7-11-26(18-24)49-31-20-32(40)39(35(31)43)25-14-12-22(13-15-25)36(44)45/h4-19,31H,20H2,1-3H3,(H,37,42)(H,38,41)(H,44,45)/b27-16-/t31-/m0/s1. The number of hydrogen-bond acceptors (Lipinski definition) is 9. The second-order valence-corrected chi connectivity index (χ2v) is 11.8. The monoisotopic (exact) mass is 681 g/mol. The van der Waals surface area contributed by atoms with E-state index < -0.39 is 34.8 Å². The molecule has 0 aliphatic carbocycles. The van der Waals surface area contributed by atoms with E-state index in [1.165, 1.54) is 51.7 Å². The van der Waals surface area contributed by atoms with Crippen LogP contribution in [0.25, 0.3) is 6.08 Å². The maximum atomic E-state index is 13.7. The van der Waals surface area contributed by atoms with Crippen LogP contribution in [0.3, 0.4) is 0 Å². The van der Waals surface area contributed by atoms with Gasteiger partial charge in [0.05, 0.1) is 37.8 Å². The number of carboxylic acid groups (broad SMARTS) is 1. The van der Waals surface area contributed by atoms with E-state index in [-0.39, 0.29) is 23.4 Å². The van der Waals surface area contributed by atoms with Gasteiger partial charge in [-0.25, -0.2) is 9.69 Å². The van der Waals surface area contributed by atoms with E-state index in [2.05, 4.69) is 10.6 Å². The fourth-order valence-electron chi connectivity index (χ4n) is 4.99. The summed E-state index contributed by atoms with van der Waals surface area (Å²) in [4.78, 5) is 65.8. The van der Waals surface area contributed by atoms with Gasteiger partial charge in [0, 0.05) is 34.2 Å². The summed E-state index contributed by atoms with van der Waals surface area (Å²) < 4.78 is 16.3. The summed E-state index contributed by atoms with van der Waals surface area (Å²) in [5.74, 6) is -1.99. The second kappa shape index (κ2) is 15.2. The molecule has 1 heterocycles. The second-order valence-electron chi connectivity index (χ2n) is 10.5. The van der Waals surface area contributed by atoms with Crippen LogP contribution in [-0.2, 0) is 14.4 Å². The van der Waals surface area contributed by atoms with Crippen molar-refractivity contribution in [1.29, 1.82) is 0 Å². The first kappa shape index (κ1) is 34.3. The summed E-state index contributed by atoms with van der Waals surface area (Å²) in [6.07, 6.45) is 1.39. The highest BCUT2D eigenvalue weighted by atomic mass is 32.2. The van der Waals surface area contributed by atoms with E-state index in [0.717, 1.165) is 16.7 Å². The number of rotatable bonds is 12. The Kier molecular flexibility index (Phi) is 10.6. The minimum Gasteiger partial charge on any atom is -0.496 e. The molecule has 3 N–H and O–H groups in total. The molecule has 250 valence electrons. The van der Waals surface area contributed by atoms with Crippen molar-refractivity contribution in [2.75, 3.05) is 31.5 Å². The third-order valence-corrected chi connectivity index (χ3v) is 8.59. The average Bonchev–Trinajstić information content (AvgIpc) is 3.39. The maximum absolute atomic E-state index is 13.7. The smallest absolute Gasteiger partial charge is 0.335 e. The van der Waals surface area contributed by atoms with Crippen LogP contribution in [-0.4, -0.2) is 61.3 Å². The van der Waals surface area contributed by atoms with Gasteiger partial charge in [0.2, 0.25) is 11.8 Å². The van der Waals surface area contributed by atoms with Gasteiger partial charge in [0.1, 0.15) is 11.4 Å². The van der Waals surface area contributed by atoms with Crippen LogP contribution in [0, 0.1) is 0 Å². The number of aromatic carboxylic acids is 1. The van der Waals surface area contributed by atoms with Gasteiger partial charge in [-0.05, 0) is 66.7 Å². The molecule has 1 fully saturated rings. The lowest BCUT2D eigenvalue weighted by atomic mass is 10.1. The molecule has 4 amide bonds. The Morgan fingerprint density at radius 1 is 0.816 bits per heavy atom. The Morgan fingerprint density at radius 2 is 1.49 bits per heavy atom. The molecule has 1 aliphatic heterocycles. The SMILES string of the molecule is COc1cc(OC)c(OC)cc1/C=C(\NC(=O)c1ccccc1)C(=O)Nc1cccc(S[C@H]2CC(=O)N(c3ccc(C(=O)O)cc3)C2=O)c1. The lowest BCUT2D eigenvalue weighted by Crippen LogP contribution is -2.31. The number of anilines is 2. The molecule has 0 spiro atoms. The summed E-state index contributed by atoms with van der Waals surface area (Å²) in [5, 5.41) is 13.9. The first-order valence-electron chi connectivity index (χ1n) is 14.8. The van der Waals surface area contributed by atoms with Gasteiger partial charge in [0.25, 0.3) is 11.8 Å². The first-order valence-corrected chi connectivity index (χ1v) is 15.7. The molecule has 0 radical (unpaired) electrons. The zero-order chi connectivity index (χ0) is 35.1. The van der Waals surface area contributed by atoms with Crippen molar-refractivity contribution in [2.45, 2.75) is 16.6 Å². The topological polar surface area (TPSA) is 161 Å². The number of nitrogens with one attached hydrogen (secondary N) is 2. The lowest BCUT2D eigenvalue weighted by Gasteiger charge is -2.16. The van der Waals surface area contributed by atoms with Gasteiger partial charge in [-0.3, -0.25) is 19.2 Å². The fraction of sp³-hybridized carbons (Fsp3) is 0.139. The largest absolute Gasteiger partial charge is 0.496 e. The molecule has 1 saturated heterocycles. The van der Waals surface area contributed by atoms with E-state index in [1.54, 1.807) is 66.7 Å². The Morgan fingerprint density at radius 3 is 2.14 bits per heavy atom. The molecule has 5 rings (SSSR count). The third-order valence-electron chi connectivity index (χ3n) is 7.41. The quantitative estimate of drug-likeness (QED) is 0.133. The number of carbonyl (C=O) groups is 5. The summed E-state index contributed by atoms with van der Waals surface area (Å²) in [6.45, 7) is 0. The highest BCUT2D eigenvalue weighted by Crippen LogP contribution is 2.37. The Balaban J connectivity index is 1.38. The fourth-order valence-corrected chi connectivity index (χ4v) is 6.11. The van der Waals surface area contributed by atoms with Crippen molar-refractivity contribution in [3.8, 4) is 17.2 Å². The molecule has 0 aromatic heterocycles. The molecule has 4 aromatic rings. The van der Waals surface area contributed by atoms with Crippen molar-refractivity contribution < 1.29 is 43.3 Å². The van der Waals surface area contributed by atoms with Gasteiger partial charge in [-0.2, -0.15) is 0 Å². The van der Waals surface area contributed by atoms with Crippen LogP contribution in [0.5, 0.6) is 17.2 Å². The molecular weight excluding hydrogens is 650 g/mol. The Labute approximate surface area is 285 Å². The van der Waals surface area contributed by atoms with Crippen molar-refractivity contribution in [3.05, 3.63) is 113 Å². The highest BCUT2D eigenvalue weighted by Gasteiger charge is 2.40. The van der Waals surface area contributed by atoms with Crippen molar-refractivity contribution >= 4 is 58.8 Å². The van der Waals surface area contributed by atoms with Gasteiger partial charge in [-0.1, -0.05) is 24.3 Å². The molecule has 12 nitrogen and oxygen atoms in total. The predicted molar refractivity (Wildman–Crippen MR) is 183 cm³/mol. The van der Waals surface area contributed by atoms with Crippen molar-refractivity contribution in [2.24, 2.45) is 0 Å².